The number of methoxy groups -OCH3 is 1. The van der Waals surface area contributed by atoms with Crippen LogP contribution in [-0.2, 0) is 0 Å². The Bertz CT molecular complexity index is 378. The molecule has 0 saturated carbocycles. The van der Waals surface area contributed by atoms with Gasteiger partial charge in [-0.3, -0.25) is 0 Å². The zero-order chi connectivity index (χ0) is 7.68. The zero-order valence-corrected chi connectivity index (χ0v) is 9.57. The summed E-state index contributed by atoms with van der Waals surface area (Å²) in [5.41, 5.74) is 1.09. The van der Waals surface area contributed by atoms with Gasteiger partial charge in [-0.25, -0.2) is 0 Å². The van der Waals surface area contributed by atoms with Gasteiger partial charge in [-0.2, -0.15) is 0 Å². The summed E-state index contributed by atoms with van der Waals surface area (Å²) in [6, 6.07) is 6.02. The topological polar surface area (TPSA) is 22.1 Å². The summed E-state index contributed by atoms with van der Waals surface area (Å²) in [5, 5.41) is 0. The molecule has 0 N–H and O–H groups in total. The molecule has 0 atom stereocenters. The molecule has 2 rings (SSSR count). The van der Waals surface area contributed by atoms with Crippen molar-refractivity contribution in [2.75, 3.05) is 7.11 Å². The molecule has 12 heavy (non-hydrogen) atoms. The minimum atomic E-state index is 0. The van der Waals surface area contributed by atoms with Crippen LogP contribution in [0, 0.1) is 0 Å². The minimum absolute atomic E-state index is 0. The summed E-state index contributed by atoms with van der Waals surface area (Å²) >= 11 is 0.356. The molecule has 0 radical (unpaired) electrons. The van der Waals surface area contributed by atoms with Crippen LogP contribution in [0.3, 0.4) is 0 Å². The van der Waals surface area contributed by atoms with E-state index in [-0.39, 0.29) is 12.4 Å². The van der Waals surface area contributed by atoms with Gasteiger partial charge in [-0.1, -0.05) is 0 Å². The van der Waals surface area contributed by atoms with E-state index in [1.165, 1.54) is 4.70 Å². The van der Waals surface area contributed by atoms with E-state index in [0.717, 1.165) is 11.3 Å². The number of hydrogen-bond donors (Lipinski definition) is 0. The van der Waals surface area contributed by atoms with Gasteiger partial charge in [0.2, 0.25) is 0 Å². The first kappa shape index (κ1) is 9.93. The Balaban J connectivity index is 0.000000720. The number of fused-ring (bicyclic) bond motifs is 1. The maximum Gasteiger partial charge on any atom is -1.00 e. The molecule has 0 aliphatic rings. The summed E-state index contributed by atoms with van der Waals surface area (Å²) in [4.78, 5) is 0. The predicted molar refractivity (Wildman–Crippen MR) is 47.5 cm³/mol. The van der Waals surface area contributed by atoms with E-state index in [4.69, 9.17) is 4.74 Å². The van der Waals surface area contributed by atoms with Crippen molar-refractivity contribution in [3.8, 4) is 5.75 Å². The Morgan fingerprint density at radius 3 is 3.08 bits per heavy atom. The molecule has 1 aromatic heterocycles. The summed E-state index contributed by atoms with van der Waals surface area (Å²) in [7, 11) is 3.50. The Kier molecular flexibility index (Phi) is 3.47. The summed E-state index contributed by atoms with van der Waals surface area (Å²) in [5.74, 6) is 0.894. The maximum absolute atomic E-state index is 5.08. The fraction of sp³-hybridized carbons (Fsp3) is 0.143. The summed E-state index contributed by atoms with van der Waals surface area (Å²) < 4.78 is 10.7. The second-order valence-electron chi connectivity index (χ2n) is 2.08. The van der Waals surface area contributed by atoms with Gasteiger partial charge in [0.25, 0.3) is 0 Å². The monoisotopic (exact) mass is 267 g/mol. The molecule has 1 heterocycles. The predicted octanol–water partition coefficient (Wildman–Crippen LogP) is -1.35. The minimum Gasteiger partial charge on any atom is -1.00 e. The molecule has 0 bridgehead atoms. The van der Waals surface area contributed by atoms with Crippen LogP contribution in [0.25, 0.3) is 10.2 Å². The van der Waals surface area contributed by atoms with Gasteiger partial charge >= 0.3 is 73.3 Å². The van der Waals surface area contributed by atoms with Gasteiger partial charge < -0.3 is 12.4 Å². The SMILES string of the molecule is COc1ccc2[s+][se]nc2c1.[Cl-]. The molecule has 64 valence electrons. The van der Waals surface area contributed by atoms with Crippen molar-refractivity contribution in [3.05, 3.63) is 18.2 Å². The number of benzene rings is 1. The first-order chi connectivity index (χ1) is 5.40. The molecule has 5 heteroatoms. The molecule has 2 aromatic rings. The number of hydrogen-bond acceptors (Lipinski definition) is 2. The van der Waals surface area contributed by atoms with Crippen LogP contribution < -0.4 is 17.1 Å². The van der Waals surface area contributed by atoms with Gasteiger partial charge in [0, 0.05) is 0 Å². The van der Waals surface area contributed by atoms with Crippen LogP contribution in [0.5, 0.6) is 5.75 Å². The number of halogens is 1. The van der Waals surface area contributed by atoms with Crippen molar-refractivity contribution in [2.45, 2.75) is 0 Å². The zero-order valence-electron chi connectivity index (χ0n) is 6.28. The largest absolute Gasteiger partial charge is 1.00 e. The number of nitrogens with zero attached hydrogens (tertiary/aromatic N) is 1. The van der Waals surface area contributed by atoms with Crippen LogP contribution >= 0.6 is 9.72 Å². The molecule has 0 aliphatic heterocycles. The van der Waals surface area contributed by atoms with Gasteiger partial charge in [0.1, 0.15) is 0 Å². The molecule has 0 aliphatic carbocycles. The average Bonchev–Trinajstić information content (AvgIpc) is 2.50. The van der Waals surface area contributed by atoms with Crippen molar-refractivity contribution in [3.63, 3.8) is 0 Å². The van der Waals surface area contributed by atoms with Crippen LogP contribution in [-0.4, -0.2) is 24.7 Å². The Hall–Kier alpha value is -0.151. The molecule has 0 saturated heterocycles. The van der Waals surface area contributed by atoms with Gasteiger partial charge in [-0.15, -0.1) is 0 Å². The second kappa shape index (κ2) is 4.19. The average molecular weight is 267 g/mol. The standard InChI is InChI=1S/C7H6NOSSe.ClH/c1-9-5-2-3-7-6(4-5)8-11-10-7;/h2-4H,1H3;1H/q+1;/p-1. The summed E-state index contributed by atoms with van der Waals surface area (Å²) in [6.07, 6.45) is 0. The third-order valence-electron chi connectivity index (χ3n) is 1.43. The normalized spacial score (nSPS) is 9.42. The van der Waals surface area contributed by atoms with E-state index in [1.54, 1.807) is 7.11 Å². The molecule has 1 aromatic carbocycles. The van der Waals surface area contributed by atoms with Crippen LogP contribution in [0.4, 0.5) is 0 Å². The van der Waals surface area contributed by atoms with Gasteiger partial charge in [-0.05, 0) is 0 Å². The molecule has 0 spiro atoms. The Morgan fingerprint density at radius 1 is 1.50 bits per heavy atom. The van der Waals surface area contributed by atoms with Crippen molar-refractivity contribution in [2.24, 2.45) is 0 Å². The van der Waals surface area contributed by atoms with E-state index < -0.39 is 0 Å². The Labute approximate surface area is 85.6 Å². The van der Waals surface area contributed by atoms with E-state index in [1.807, 2.05) is 21.8 Å². The smallest absolute Gasteiger partial charge is 1.00 e. The van der Waals surface area contributed by atoms with E-state index >= 15 is 0 Å². The second-order valence-corrected chi connectivity index (χ2v) is 5.21. The quantitative estimate of drug-likeness (QED) is 0.470. The molecular weight excluding hydrogens is 261 g/mol. The summed E-state index contributed by atoms with van der Waals surface area (Å²) in [6.45, 7) is 0. The first-order valence-corrected chi connectivity index (χ1v) is 6.73. The number of rotatable bonds is 1. The van der Waals surface area contributed by atoms with E-state index in [0.29, 0.717) is 13.6 Å². The first-order valence-electron chi connectivity index (χ1n) is 3.13. The molecule has 0 amide bonds. The van der Waals surface area contributed by atoms with E-state index in [9.17, 15) is 0 Å². The molecule has 2 nitrogen and oxygen atoms in total. The third-order valence-corrected chi connectivity index (χ3v) is 4.58. The molecule has 0 fully saturated rings. The van der Waals surface area contributed by atoms with Gasteiger partial charge in [0.05, 0.1) is 0 Å². The van der Waals surface area contributed by atoms with Crippen molar-refractivity contribution >= 4 is 33.5 Å². The number of aromatic nitrogens is 1. The van der Waals surface area contributed by atoms with E-state index in [2.05, 4.69) is 10.0 Å². The maximum atomic E-state index is 5.08. The molecular formula is C7H6ClNOSSe. The van der Waals surface area contributed by atoms with Crippen molar-refractivity contribution < 1.29 is 17.1 Å². The van der Waals surface area contributed by atoms with Crippen LogP contribution in [0.15, 0.2) is 18.2 Å². The van der Waals surface area contributed by atoms with Crippen LogP contribution in [0.1, 0.15) is 0 Å². The van der Waals surface area contributed by atoms with Crippen molar-refractivity contribution in [1.29, 1.82) is 0 Å². The third kappa shape index (κ3) is 1.77. The van der Waals surface area contributed by atoms with Crippen LogP contribution in [0.2, 0.25) is 0 Å². The fourth-order valence-corrected chi connectivity index (χ4v) is 3.96. The van der Waals surface area contributed by atoms with Crippen molar-refractivity contribution in [1.82, 2.24) is 3.98 Å². The molecule has 0 unspecified atom stereocenters. The van der Waals surface area contributed by atoms with Gasteiger partial charge in [0.15, 0.2) is 0 Å². The number of ether oxygens (including phenoxy) is 1. The fourth-order valence-electron chi connectivity index (χ4n) is 0.865. The Morgan fingerprint density at radius 2 is 2.33 bits per heavy atom.